The summed E-state index contributed by atoms with van der Waals surface area (Å²) in [6, 6.07) is 14.1. The first-order valence-electron chi connectivity index (χ1n) is 9.57. The van der Waals surface area contributed by atoms with Crippen LogP contribution in [0.2, 0.25) is 0 Å². The maximum absolute atomic E-state index is 13.1. The standard InChI is InChI=1S/C22H19N3O4S2/c1-3-28-21(27)14-7-6-8-15(11-14)23-20(26)19-17(12-30-22-25-24-13(2)31-22)16-9-4-5-10-18(16)29-19/h4-11H,3,12H2,1-2H3,(H,23,26). The highest BCUT2D eigenvalue weighted by Crippen LogP contribution is 2.33. The van der Waals surface area contributed by atoms with Crippen molar-refractivity contribution in [2.45, 2.75) is 23.9 Å². The smallest absolute Gasteiger partial charge is 0.338 e. The Balaban J connectivity index is 1.60. The third-order valence-corrected chi connectivity index (χ3v) is 6.38. The van der Waals surface area contributed by atoms with Crippen molar-refractivity contribution in [3.8, 4) is 0 Å². The summed E-state index contributed by atoms with van der Waals surface area (Å²) in [4.78, 5) is 25.1. The number of carbonyl (C=O) groups excluding carboxylic acids is 2. The first-order valence-corrected chi connectivity index (χ1v) is 11.4. The fourth-order valence-electron chi connectivity index (χ4n) is 3.02. The van der Waals surface area contributed by atoms with Crippen molar-refractivity contribution >= 4 is 51.6 Å². The molecule has 0 aliphatic heterocycles. The fourth-order valence-corrected chi connectivity index (χ4v) is 4.87. The van der Waals surface area contributed by atoms with Crippen LogP contribution in [0.5, 0.6) is 0 Å². The first-order chi connectivity index (χ1) is 15.0. The number of thioether (sulfide) groups is 1. The second-order valence-corrected chi connectivity index (χ2v) is 8.94. The molecule has 0 spiro atoms. The van der Waals surface area contributed by atoms with Crippen molar-refractivity contribution in [3.63, 3.8) is 0 Å². The number of nitrogens with one attached hydrogen (secondary N) is 1. The molecule has 0 aliphatic carbocycles. The monoisotopic (exact) mass is 453 g/mol. The molecule has 158 valence electrons. The molecular weight excluding hydrogens is 434 g/mol. The Bertz CT molecular complexity index is 1250. The Hall–Kier alpha value is -3.17. The molecule has 2 aromatic carbocycles. The molecule has 0 radical (unpaired) electrons. The molecule has 0 fully saturated rings. The minimum absolute atomic E-state index is 0.233. The lowest BCUT2D eigenvalue weighted by atomic mass is 10.1. The number of para-hydroxylation sites is 1. The average Bonchev–Trinajstić information content (AvgIpc) is 3.35. The SMILES string of the molecule is CCOC(=O)c1cccc(NC(=O)c2oc3ccccc3c2CSc2nnc(C)s2)c1. The molecule has 0 saturated heterocycles. The largest absolute Gasteiger partial charge is 0.462 e. The van der Waals surface area contributed by atoms with Crippen LogP contribution in [-0.2, 0) is 10.5 Å². The quantitative estimate of drug-likeness (QED) is 0.299. The lowest BCUT2D eigenvalue weighted by molar-refractivity contribution is 0.0526. The van der Waals surface area contributed by atoms with Crippen molar-refractivity contribution in [3.05, 3.63) is 70.4 Å². The second kappa shape index (κ2) is 9.32. The maximum Gasteiger partial charge on any atom is 0.338 e. The van der Waals surface area contributed by atoms with Crippen molar-refractivity contribution in [1.82, 2.24) is 10.2 Å². The molecule has 0 bridgehead atoms. The number of ether oxygens (including phenoxy) is 1. The van der Waals surface area contributed by atoms with Gasteiger partial charge in [0.1, 0.15) is 10.6 Å². The van der Waals surface area contributed by atoms with E-state index in [9.17, 15) is 9.59 Å². The van der Waals surface area contributed by atoms with Crippen LogP contribution >= 0.6 is 23.1 Å². The normalized spacial score (nSPS) is 10.9. The van der Waals surface area contributed by atoms with Gasteiger partial charge in [-0.2, -0.15) is 0 Å². The number of esters is 1. The summed E-state index contributed by atoms with van der Waals surface area (Å²) in [5, 5.41) is 12.8. The number of nitrogens with zero attached hydrogens (tertiary/aromatic N) is 2. The third-order valence-electron chi connectivity index (χ3n) is 4.38. The number of rotatable bonds is 7. The minimum Gasteiger partial charge on any atom is -0.462 e. The zero-order chi connectivity index (χ0) is 21.8. The molecule has 0 atom stereocenters. The third kappa shape index (κ3) is 4.78. The van der Waals surface area contributed by atoms with Crippen LogP contribution in [0.25, 0.3) is 11.0 Å². The van der Waals surface area contributed by atoms with E-state index in [0.717, 1.165) is 20.3 Å². The molecule has 2 aromatic heterocycles. The molecule has 0 aliphatic rings. The van der Waals surface area contributed by atoms with Crippen LogP contribution in [0.4, 0.5) is 5.69 Å². The maximum atomic E-state index is 13.1. The van der Waals surface area contributed by atoms with Gasteiger partial charge in [-0.25, -0.2) is 4.79 Å². The Morgan fingerprint density at radius 3 is 2.77 bits per heavy atom. The van der Waals surface area contributed by atoms with Gasteiger partial charge in [-0.1, -0.05) is 47.4 Å². The number of hydrogen-bond acceptors (Lipinski definition) is 8. The van der Waals surface area contributed by atoms with Gasteiger partial charge in [0.05, 0.1) is 12.2 Å². The molecule has 31 heavy (non-hydrogen) atoms. The van der Waals surface area contributed by atoms with E-state index in [-0.39, 0.29) is 18.3 Å². The number of hydrogen-bond donors (Lipinski definition) is 1. The number of fused-ring (bicyclic) bond motifs is 1. The van der Waals surface area contributed by atoms with Gasteiger partial charge in [0, 0.05) is 22.4 Å². The number of aryl methyl sites for hydroxylation is 1. The summed E-state index contributed by atoms with van der Waals surface area (Å²) in [6.07, 6.45) is 0. The molecule has 4 rings (SSSR count). The molecule has 0 unspecified atom stereocenters. The average molecular weight is 454 g/mol. The van der Waals surface area contributed by atoms with Gasteiger partial charge in [0.15, 0.2) is 10.1 Å². The zero-order valence-corrected chi connectivity index (χ0v) is 18.5. The summed E-state index contributed by atoms with van der Waals surface area (Å²) in [7, 11) is 0. The Kier molecular flexibility index (Phi) is 6.34. The highest BCUT2D eigenvalue weighted by atomic mass is 32.2. The van der Waals surface area contributed by atoms with Crippen molar-refractivity contribution in [2.24, 2.45) is 0 Å². The van der Waals surface area contributed by atoms with E-state index in [2.05, 4.69) is 15.5 Å². The first kappa shape index (κ1) is 21.1. The molecule has 7 nitrogen and oxygen atoms in total. The van der Waals surface area contributed by atoms with E-state index in [0.29, 0.717) is 22.6 Å². The van der Waals surface area contributed by atoms with Crippen LogP contribution in [0.1, 0.15) is 38.4 Å². The number of anilines is 1. The molecule has 1 amide bonds. The summed E-state index contributed by atoms with van der Waals surface area (Å²) in [5.41, 5.74) is 2.27. The predicted octanol–water partition coefficient (Wildman–Crippen LogP) is 5.31. The predicted molar refractivity (Wildman–Crippen MR) is 121 cm³/mol. The molecule has 9 heteroatoms. The van der Waals surface area contributed by atoms with Crippen molar-refractivity contribution in [1.29, 1.82) is 0 Å². The van der Waals surface area contributed by atoms with Gasteiger partial charge in [-0.3, -0.25) is 4.79 Å². The van der Waals surface area contributed by atoms with Crippen molar-refractivity contribution in [2.75, 3.05) is 11.9 Å². The number of aromatic nitrogens is 2. The van der Waals surface area contributed by atoms with Gasteiger partial charge in [-0.15, -0.1) is 10.2 Å². The van der Waals surface area contributed by atoms with E-state index in [1.54, 1.807) is 31.2 Å². The van der Waals surface area contributed by atoms with E-state index in [1.165, 1.54) is 23.1 Å². The lowest BCUT2D eigenvalue weighted by Crippen LogP contribution is -2.13. The van der Waals surface area contributed by atoms with E-state index >= 15 is 0 Å². The summed E-state index contributed by atoms with van der Waals surface area (Å²) in [6.45, 7) is 3.93. The van der Waals surface area contributed by atoms with Crippen LogP contribution in [-0.4, -0.2) is 28.7 Å². The van der Waals surface area contributed by atoms with Gasteiger partial charge >= 0.3 is 5.97 Å². The Labute approximate surface area is 186 Å². The van der Waals surface area contributed by atoms with Crippen LogP contribution in [0, 0.1) is 6.92 Å². The highest BCUT2D eigenvalue weighted by molar-refractivity contribution is 8.00. The fraction of sp³-hybridized carbons (Fsp3) is 0.182. The number of amides is 1. The van der Waals surface area contributed by atoms with Gasteiger partial charge in [0.2, 0.25) is 0 Å². The Morgan fingerprint density at radius 1 is 1.16 bits per heavy atom. The van der Waals surface area contributed by atoms with Gasteiger partial charge in [0.25, 0.3) is 5.91 Å². The summed E-state index contributed by atoms with van der Waals surface area (Å²) < 4.78 is 11.7. The van der Waals surface area contributed by atoms with E-state index < -0.39 is 5.97 Å². The minimum atomic E-state index is -0.438. The zero-order valence-electron chi connectivity index (χ0n) is 16.9. The topological polar surface area (TPSA) is 94.3 Å². The summed E-state index contributed by atoms with van der Waals surface area (Å²) >= 11 is 3.01. The molecule has 4 aromatic rings. The van der Waals surface area contributed by atoms with Gasteiger partial charge in [-0.05, 0) is 38.1 Å². The van der Waals surface area contributed by atoms with Crippen LogP contribution in [0.3, 0.4) is 0 Å². The van der Waals surface area contributed by atoms with Gasteiger partial charge < -0.3 is 14.5 Å². The number of carbonyl (C=O) groups is 2. The van der Waals surface area contributed by atoms with E-state index in [4.69, 9.17) is 9.15 Å². The second-order valence-electron chi connectivity index (χ2n) is 6.54. The Morgan fingerprint density at radius 2 is 2.00 bits per heavy atom. The number of benzene rings is 2. The summed E-state index contributed by atoms with van der Waals surface area (Å²) in [5.74, 6) is -0.0819. The lowest BCUT2D eigenvalue weighted by Gasteiger charge is -2.07. The van der Waals surface area contributed by atoms with Crippen molar-refractivity contribution < 1.29 is 18.7 Å². The highest BCUT2D eigenvalue weighted by Gasteiger charge is 2.21. The number of furan rings is 1. The molecule has 0 saturated carbocycles. The van der Waals surface area contributed by atoms with E-state index in [1.807, 2.05) is 31.2 Å². The molecular formula is C22H19N3O4S2. The van der Waals surface area contributed by atoms with Crippen LogP contribution in [0.15, 0.2) is 57.3 Å². The molecule has 1 N–H and O–H groups in total. The molecule has 2 heterocycles. The van der Waals surface area contributed by atoms with Crippen LogP contribution < -0.4 is 5.32 Å².